The molecule has 128 valence electrons. The largest absolute Gasteiger partial charge is 0.423 e. The molecule has 0 bridgehead atoms. The molecule has 1 aliphatic carbocycles. The molecule has 0 N–H and O–H groups in total. The maximum Gasteiger partial charge on any atom is 0.345 e. The molecule has 0 radical (unpaired) electrons. The van der Waals surface area contributed by atoms with Crippen LogP contribution in [0.1, 0.15) is 61.0 Å². The van der Waals surface area contributed by atoms with Gasteiger partial charge in [-0.3, -0.25) is 0 Å². The van der Waals surface area contributed by atoms with Crippen molar-refractivity contribution in [1.29, 1.82) is 0 Å². The number of hydrogen-bond acceptors (Lipinski definition) is 4. The van der Waals surface area contributed by atoms with E-state index in [2.05, 4.69) is 22.2 Å². The predicted molar refractivity (Wildman–Crippen MR) is 95.9 cm³/mol. The Kier molecular flexibility index (Phi) is 3.99. The van der Waals surface area contributed by atoms with Crippen molar-refractivity contribution in [3.05, 3.63) is 53.9 Å². The van der Waals surface area contributed by atoms with Gasteiger partial charge in [-0.05, 0) is 56.4 Å². The molecule has 5 nitrogen and oxygen atoms in total. The Bertz CT molecular complexity index is 908. The number of benzene rings is 1. The highest BCUT2D eigenvalue weighted by atomic mass is 16.5. The number of rotatable bonds is 4. The van der Waals surface area contributed by atoms with E-state index in [0.29, 0.717) is 17.2 Å². The number of aromatic nitrogens is 3. The second-order valence-corrected chi connectivity index (χ2v) is 6.91. The molecule has 1 aliphatic rings. The molecule has 4 rings (SSSR count). The highest BCUT2D eigenvalue weighted by Gasteiger charge is 2.19. The maximum atomic E-state index is 12.4. The summed E-state index contributed by atoms with van der Waals surface area (Å²) in [6.45, 7) is 4.09. The summed E-state index contributed by atoms with van der Waals surface area (Å²) in [6.07, 6.45) is 7.11. The molecule has 0 amide bonds. The Morgan fingerprint density at radius 1 is 1.20 bits per heavy atom. The zero-order chi connectivity index (χ0) is 17.4. The monoisotopic (exact) mass is 335 g/mol. The zero-order valence-corrected chi connectivity index (χ0v) is 14.5. The van der Waals surface area contributed by atoms with Gasteiger partial charge in [-0.2, -0.15) is 5.10 Å². The van der Waals surface area contributed by atoms with E-state index in [4.69, 9.17) is 4.74 Å². The van der Waals surface area contributed by atoms with E-state index in [1.165, 1.54) is 24.8 Å². The Balaban J connectivity index is 1.51. The van der Waals surface area contributed by atoms with Crippen LogP contribution < -0.4 is 4.74 Å². The van der Waals surface area contributed by atoms with E-state index in [-0.39, 0.29) is 6.04 Å². The lowest BCUT2D eigenvalue weighted by molar-refractivity contribution is 0.0734. The molecule has 0 spiro atoms. The first kappa shape index (κ1) is 15.8. The molecule has 1 fully saturated rings. The maximum absolute atomic E-state index is 12.4. The van der Waals surface area contributed by atoms with Crippen molar-refractivity contribution in [3.8, 4) is 5.75 Å². The minimum Gasteiger partial charge on any atom is -0.423 e. The van der Waals surface area contributed by atoms with Crippen molar-refractivity contribution in [1.82, 2.24) is 14.8 Å². The van der Waals surface area contributed by atoms with Crippen molar-refractivity contribution >= 4 is 17.0 Å². The Morgan fingerprint density at radius 3 is 2.60 bits per heavy atom. The predicted octanol–water partition coefficient (Wildman–Crippen LogP) is 4.50. The number of carbonyl (C=O) groups is 1. The first-order valence-electron chi connectivity index (χ1n) is 8.77. The van der Waals surface area contributed by atoms with Crippen LogP contribution in [0, 0.1) is 0 Å². The van der Waals surface area contributed by atoms with Gasteiger partial charge in [0, 0.05) is 17.6 Å². The van der Waals surface area contributed by atoms with E-state index < -0.39 is 5.97 Å². The summed E-state index contributed by atoms with van der Waals surface area (Å²) in [6, 6.07) is 9.85. The highest BCUT2D eigenvalue weighted by Crippen LogP contribution is 2.36. The third-order valence-corrected chi connectivity index (χ3v) is 4.83. The van der Waals surface area contributed by atoms with Gasteiger partial charge >= 0.3 is 5.97 Å². The third-order valence-electron chi connectivity index (χ3n) is 4.83. The van der Waals surface area contributed by atoms with Crippen molar-refractivity contribution in [2.75, 3.05) is 0 Å². The van der Waals surface area contributed by atoms with E-state index >= 15 is 0 Å². The van der Waals surface area contributed by atoms with Gasteiger partial charge in [0.2, 0.25) is 0 Å². The van der Waals surface area contributed by atoms with Crippen molar-refractivity contribution in [2.24, 2.45) is 0 Å². The molecule has 0 atom stereocenters. The van der Waals surface area contributed by atoms with Gasteiger partial charge in [0.25, 0.3) is 0 Å². The number of fused-ring (bicyclic) bond motifs is 1. The minimum absolute atomic E-state index is 0.219. The lowest BCUT2D eigenvalue weighted by atomic mass is 9.80. The summed E-state index contributed by atoms with van der Waals surface area (Å²) in [4.78, 5) is 16.8. The zero-order valence-electron chi connectivity index (χ0n) is 14.5. The molecule has 1 aromatic carbocycles. The smallest absolute Gasteiger partial charge is 0.345 e. The second-order valence-electron chi connectivity index (χ2n) is 6.91. The molecule has 0 aliphatic heterocycles. The van der Waals surface area contributed by atoms with Crippen LogP contribution in [-0.4, -0.2) is 20.7 Å². The van der Waals surface area contributed by atoms with Crippen LogP contribution in [0.3, 0.4) is 0 Å². The van der Waals surface area contributed by atoms with Gasteiger partial charge in [0.15, 0.2) is 5.65 Å². The van der Waals surface area contributed by atoms with Crippen molar-refractivity contribution < 1.29 is 9.53 Å². The van der Waals surface area contributed by atoms with Gasteiger partial charge < -0.3 is 4.74 Å². The first-order chi connectivity index (χ1) is 12.1. The van der Waals surface area contributed by atoms with E-state index in [1.54, 1.807) is 18.5 Å². The molecule has 5 heteroatoms. The fraction of sp³-hybridized carbons (Fsp3) is 0.350. The van der Waals surface area contributed by atoms with Crippen LogP contribution in [0.4, 0.5) is 0 Å². The molecular formula is C20H21N3O2. The molecule has 2 heterocycles. The topological polar surface area (TPSA) is 57.0 Å². The molecule has 0 saturated heterocycles. The molecule has 1 saturated carbocycles. The van der Waals surface area contributed by atoms with Crippen molar-refractivity contribution in [3.63, 3.8) is 0 Å². The first-order valence-corrected chi connectivity index (χ1v) is 8.77. The Labute approximate surface area is 146 Å². The van der Waals surface area contributed by atoms with Gasteiger partial charge in [0.05, 0.1) is 11.8 Å². The Hall–Kier alpha value is -2.69. The van der Waals surface area contributed by atoms with Gasteiger partial charge in [-0.25, -0.2) is 14.5 Å². The second kappa shape index (κ2) is 6.31. The molecule has 25 heavy (non-hydrogen) atoms. The lowest BCUT2D eigenvalue weighted by Crippen LogP contribution is -2.10. The standard InChI is InChI=1S/C20H21N3O2/c1-13(2)23-19-16(12-22-23)10-17(11-21-19)20(24)25-18-8-6-15(7-9-18)14-4-3-5-14/h6-14H,3-5H2,1-2H3. The number of pyridine rings is 1. The molecule has 2 aromatic heterocycles. The quantitative estimate of drug-likeness (QED) is 0.520. The number of nitrogens with zero attached hydrogens (tertiary/aromatic N) is 3. The van der Waals surface area contributed by atoms with Crippen LogP contribution in [0.15, 0.2) is 42.7 Å². The van der Waals surface area contributed by atoms with Gasteiger partial charge in [0.1, 0.15) is 5.75 Å². The lowest BCUT2D eigenvalue weighted by Gasteiger charge is -2.25. The van der Waals surface area contributed by atoms with Crippen LogP contribution in [-0.2, 0) is 0 Å². The van der Waals surface area contributed by atoms with Gasteiger partial charge in [-0.15, -0.1) is 0 Å². The van der Waals surface area contributed by atoms with Crippen molar-refractivity contribution in [2.45, 2.75) is 45.1 Å². The number of esters is 1. The summed E-state index contributed by atoms with van der Waals surface area (Å²) in [5.74, 6) is 0.836. The average molecular weight is 335 g/mol. The average Bonchev–Trinajstić information content (AvgIpc) is 2.98. The summed E-state index contributed by atoms with van der Waals surface area (Å²) in [5.41, 5.74) is 2.53. The number of carbonyl (C=O) groups excluding carboxylic acids is 1. The Morgan fingerprint density at radius 2 is 1.96 bits per heavy atom. The van der Waals surface area contributed by atoms with Crippen LogP contribution in [0.2, 0.25) is 0 Å². The van der Waals surface area contributed by atoms with Gasteiger partial charge in [-0.1, -0.05) is 18.6 Å². The van der Waals surface area contributed by atoms with E-state index in [0.717, 1.165) is 11.0 Å². The minimum atomic E-state index is -0.400. The molecular weight excluding hydrogens is 314 g/mol. The summed E-state index contributed by atoms with van der Waals surface area (Å²) >= 11 is 0. The number of ether oxygens (including phenoxy) is 1. The van der Waals surface area contributed by atoms with E-state index in [9.17, 15) is 4.79 Å². The molecule has 3 aromatic rings. The van der Waals surface area contributed by atoms with E-state index in [1.807, 2.05) is 30.7 Å². The SMILES string of the molecule is CC(C)n1ncc2cc(C(=O)Oc3ccc(C4CCC4)cc3)cnc21. The summed E-state index contributed by atoms with van der Waals surface area (Å²) in [5, 5.41) is 5.16. The van der Waals surface area contributed by atoms with Crippen LogP contribution in [0.25, 0.3) is 11.0 Å². The fourth-order valence-electron chi connectivity index (χ4n) is 3.15. The summed E-state index contributed by atoms with van der Waals surface area (Å²) in [7, 11) is 0. The van der Waals surface area contributed by atoms with Crippen LogP contribution in [0.5, 0.6) is 5.75 Å². The fourth-order valence-corrected chi connectivity index (χ4v) is 3.15. The normalized spacial score (nSPS) is 14.7. The number of hydrogen-bond donors (Lipinski definition) is 0. The summed E-state index contributed by atoms with van der Waals surface area (Å²) < 4.78 is 7.32. The van der Waals surface area contributed by atoms with Crippen LogP contribution >= 0.6 is 0 Å². The molecule has 0 unspecified atom stereocenters. The third kappa shape index (κ3) is 3.02. The highest BCUT2D eigenvalue weighted by molar-refractivity contribution is 5.94.